The fourth-order valence-electron chi connectivity index (χ4n) is 2.77. The van der Waals surface area contributed by atoms with Crippen LogP contribution in [0, 0.1) is 5.92 Å². The minimum Gasteiger partial charge on any atom is -0.497 e. The van der Waals surface area contributed by atoms with Gasteiger partial charge in [0, 0.05) is 12.4 Å². The summed E-state index contributed by atoms with van der Waals surface area (Å²) in [5.41, 5.74) is 1.18. The molecule has 160 valence electrons. The molecule has 10 heteroatoms. The fraction of sp³-hybridized carbons (Fsp3) is 0.300. The SMILES string of the molecule is COc1ccc(S(=O)(=O)N[C@@H](C(=O)OCc2cn3cc(Cl)ccc3n2)C(C)C)cc1. The predicted molar refractivity (Wildman–Crippen MR) is 112 cm³/mol. The lowest BCUT2D eigenvalue weighted by Crippen LogP contribution is -2.45. The number of rotatable bonds is 8. The molecule has 0 bridgehead atoms. The molecule has 1 N–H and O–H groups in total. The molecule has 2 heterocycles. The van der Waals surface area contributed by atoms with Crippen molar-refractivity contribution in [2.75, 3.05) is 7.11 Å². The summed E-state index contributed by atoms with van der Waals surface area (Å²) in [6.07, 6.45) is 3.38. The summed E-state index contributed by atoms with van der Waals surface area (Å²) in [6.45, 7) is 3.37. The van der Waals surface area contributed by atoms with Crippen LogP contribution in [0.25, 0.3) is 5.65 Å². The zero-order valence-corrected chi connectivity index (χ0v) is 18.3. The number of hydrogen-bond acceptors (Lipinski definition) is 6. The second-order valence-corrected chi connectivity index (χ2v) is 9.12. The van der Waals surface area contributed by atoms with Crippen molar-refractivity contribution in [2.24, 2.45) is 5.92 Å². The number of halogens is 1. The standard InChI is InChI=1S/C20H22ClN3O5S/c1-13(2)19(23-30(26,27)17-7-5-16(28-3)6-8-17)20(25)29-12-15-11-24-10-14(21)4-9-18(24)22-15/h4-11,13,19,23H,12H2,1-3H3/t19-/m1/s1. The summed E-state index contributed by atoms with van der Waals surface area (Å²) in [7, 11) is -2.43. The van der Waals surface area contributed by atoms with Crippen molar-refractivity contribution in [3.05, 3.63) is 59.5 Å². The van der Waals surface area contributed by atoms with Gasteiger partial charge in [-0.15, -0.1) is 0 Å². The van der Waals surface area contributed by atoms with Crippen LogP contribution in [0.2, 0.25) is 5.02 Å². The molecule has 3 rings (SSSR count). The van der Waals surface area contributed by atoms with Crippen molar-refractivity contribution < 1.29 is 22.7 Å². The van der Waals surface area contributed by atoms with Crippen LogP contribution >= 0.6 is 11.6 Å². The van der Waals surface area contributed by atoms with Gasteiger partial charge in [-0.05, 0) is 42.3 Å². The number of pyridine rings is 1. The first-order valence-electron chi connectivity index (χ1n) is 9.16. The van der Waals surface area contributed by atoms with Crippen LogP contribution in [0.5, 0.6) is 5.75 Å². The molecule has 2 aromatic heterocycles. The van der Waals surface area contributed by atoms with Crippen molar-refractivity contribution in [3.63, 3.8) is 0 Å². The first-order chi connectivity index (χ1) is 14.2. The second-order valence-electron chi connectivity index (χ2n) is 6.97. The Morgan fingerprint density at radius 2 is 1.87 bits per heavy atom. The predicted octanol–water partition coefficient (Wildman–Crippen LogP) is 3.04. The monoisotopic (exact) mass is 451 g/mol. The third-order valence-electron chi connectivity index (χ3n) is 4.40. The number of hydrogen-bond donors (Lipinski definition) is 1. The lowest BCUT2D eigenvalue weighted by molar-refractivity contribution is -0.148. The van der Waals surface area contributed by atoms with E-state index in [1.54, 1.807) is 42.8 Å². The Morgan fingerprint density at radius 3 is 2.50 bits per heavy atom. The number of methoxy groups -OCH3 is 1. The van der Waals surface area contributed by atoms with E-state index in [1.165, 1.54) is 31.4 Å². The number of esters is 1. The maximum Gasteiger partial charge on any atom is 0.324 e. The average Bonchev–Trinajstić information content (AvgIpc) is 3.12. The molecule has 0 radical (unpaired) electrons. The van der Waals surface area contributed by atoms with Gasteiger partial charge in [0.1, 0.15) is 24.0 Å². The second kappa shape index (κ2) is 9.03. The molecule has 8 nitrogen and oxygen atoms in total. The molecule has 0 aliphatic rings. The van der Waals surface area contributed by atoms with Crippen molar-refractivity contribution in [1.82, 2.24) is 14.1 Å². The number of nitrogens with one attached hydrogen (secondary N) is 1. The molecule has 0 saturated carbocycles. The Labute approximate surface area is 179 Å². The minimum atomic E-state index is -3.92. The molecule has 3 aromatic rings. The lowest BCUT2D eigenvalue weighted by atomic mass is 10.1. The van der Waals surface area contributed by atoms with E-state index in [4.69, 9.17) is 21.1 Å². The van der Waals surface area contributed by atoms with Gasteiger partial charge in [-0.3, -0.25) is 4.79 Å². The summed E-state index contributed by atoms with van der Waals surface area (Å²) in [5, 5.41) is 0.552. The van der Waals surface area contributed by atoms with Gasteiger partial charge < -0.3 is 13.9 Å². The van der Waals surface area contributed by atoms with Crippen molar-refractivity contribution in [3.8, 4) is 5.75 Å². The topological polar surface area (TPSA) is 99.0 Å². The molecule has 0 fully saturated rings. The highest BCUT2D eigenvalue weighted by molar-refractivity contribution is 7.89. The van der Waals surface area contributed by atoms with E-state index >= 15 is 0 Å². The summed E-state index contributed by atoms with van der Waals surface area (Å²) < 4.78 is 39.9. The van der Waals surface area contributed by atoms with Gasteiger partial charge >= 0.3 is 5.97 Å². The Bertz CT molecular complexity index is 1140. The lowest BCUT2D eigenvalue weighted by Gasteiger charge is -2.20. The minimum absolute atomic E-state index is 0.0268. The third-order valence-corrected chi connectivity index (χ3v) is 6.08. The van der Waals surface area contributed by atoms with E-state index in [1.807, 2.05) is 0 Å². The van der Waals surface area contributed by atoms with Crippen molar-refractivity contribution in [2.45, 2.75) is 31.4 Å². The van der Waals surface area contributed by atoms with Crippen LogP contribution < -0.4 is 9.46 Å². The number of ether oxygens (including phenoxy) is 2. The van der Waals surface area contributed by atoms with Crippen LogP contribution in [0.3, 0.4) is 0 Å². The molecule has 0 saturated heterocycles. The fourth-order valence-corrected chi connectivity index (χ4v) is 4.27. The zero-order chi connectivity index (χ0) is 21.9. The van der Waals surface area contributed by atoms with E-state index in [0.29, 0.717) is 22.1 Å². The molecule has 0 amide bonds. The number of benzene rings is 1. The number of imidazole rings is 1. The summed E-state index contributed by atoms with van der Waals surface area (Å²) in [6, 6.07) is 8.29. The Hall–Kier alpha value is -2.62. The number of sulfonamides is 1. The molecule has 0 unspecified atom stereocenters. The number of carbonyl (C=O) groups excluding carboxylic acids is 1. The van der Waals surface area contributed by atoms with Crippen LogP contribution in [0.4, 0.5) is 0 Å². The van der Waals surface area contributed by atoms with Gasteiger partial charge in [-0.25, -0.2) is 13.4 Å². The van der Waals surface area contributed by atoms with Gasteiger partial charge in [0.2, 0.25) is 10.0 Å². The molecule has 1 aromatic carbocycles. The van der Waals surface area contributed by atoms with Gasteiger partial charge in [0.25, 0.3) is 0 Å². The van der Waals surface area contributed by atoms with E-state index in [0.717, 1.165) is 0 Å². The van der Waals surface area contributed by atoms with Crippen molar-refractivity contribution in [1.29, 1.82) is 0 Å². The van der Waals surface area contributed by atoms with Gasteiger partial charge in [0.15, 0.2) is 0 Å². The van der Waals surface area contributed by atoms with Gasteiger partial charge in [-0.1, -0.05) is 25.4 Å². The summed E-state index contributed by atoms with van der Waals surface area (Å²) in [4.78, 5) is 17.0. The quantitative estimate of drug-likeness (QED) is 0.528. The van der Waals surface area contributed by atoms with Gasteiger partial charge in [-0.2, -0.15) is 4.72 Å². The van der Waals surface area contributed by atoms with E-state index in [2.05, 4.69) is 9.71 Å². The smallest absolute Gasteiger partial charge is 0.324 e. The maximum absolute atomic E-state index is 12.7. The molecule has 0 aliphatic carbocycles. The number of aromatic nitrogens is 2. The Balaban J connectivity index is 1.70. The number of nitrogens with zero attached hydrogens (tertiary/aromatic N) is 2. The first kappa shape index (κ1) is 22.1. The average molecular weight is 452 g/mol. The highest BCUT2D eigenvalue weighted by Crippen LogP contribution is 2.18. The first-order valence-corrected chi connectivity index (χ1v) is 11.0. The molecule has 1 atom stereocenters. The van der Waals surface area contributed by atoms with Crippen LogP contribution in [0.15, 0.2) is 53.7 Å². The van der Waals surface area contributed by atoms with Crippen LogP contribution in [-0.2, 0) is 26.2 Å². The molecule has 30 heavy (non-hydrogen) atoms. The molecule has 0 spiro atoms. The van der Waals surface area contributed by atoms with Crippen LogP contribution in [-0.4, -0.2) is 36.9 Å². The number of carbonyl (C=O) groups is 1. The van der Waals surface area contributed by atoms with Crippen molar-refractivity contribution >= 4 is 33.2 Å². The third kappa shape index (κ3) is 5.10. The van der Waals surface area contributed by atoms with Gasteiger partial charge in [0.05, 0.1) is 22.7 Å². The maximum atomic E-state index is 12.7. The molecular weight excluding hydrogens is 430 g/mol. The summed E-state index contributed by atoms with van der Waals surface area (Å²) >= 11 is 5.95. The largest absolute Gasteiger partial charge is 0.497 e. The normalized spacial score (nSPS) is 12.8. The van der Waals surface area contributed by atoms with E-state index < -0.39 is 22.0 Å². The Kier molecular flexibility index (Phi) is 6.64. The zero-order valence-electron chi connectivity index (χ0n) is 16.7. The Morgan fingerprint density at radius 1 is 1.17 bits per heavy atom. The summed E-state index contributed by atoms with van der Waals surface area (Å²) in [5.74, 6) is -0.481. The number of fused-ring (bicyclic) bond motifs is 1. The van der Waals surface area contributed by atoms with E-state index in [-0.39, 0.29) is 17.4 Å². The van der Waals surface area contributed by atoms with E-state index in [9.17, 15) is 13.2 Å². The van der Waals surface area contributed by atoms with Crippen LogP contribution in [0.1, 0.15) is 19.5 Å². The highest BCUT2D eigenvalue weighted by atomic mass is 35.5. The molecular formula is C20H22ClN3O5S. The molecule has 0 aliphatic heterocycles. The highest BCUT2D eigenvalue weighted by Gasteiger charge is 2.30.